The first-order valence-electron chi connectivity index (χ1n) is 3.91. The smallest absolute Gasteiger partial charge is 0.133 e. The predicted molar refractivity (Wildman–Crippen MR) is 48.2 cm³/mol. The maximum atomic E-state index is 9.27. The van der Waals surface area contributed by atoms with E-state index in [9.17, 15) is 5.11 Å². The third-order valence-corrected chi connectivity index (χ3v) is 1.83. The van der Waals surface area contributed by atoms with Gasteiger partial charge in [-0.05, 0) is 18.2 Å². The third kappa shape index (κ3) is 2.25. The number of phenols is 1. The molecule has 1 radical (unpaired) electrons. The fourth-order valence-corrected chi connectivity index (χ4v) is 1.13. The fraction of sp³-hybridized carbons (Fsp3) is 0. The minimum Gasteiger partial charge on any atom is -0.507 e. The number of nitrogens with one attached hydrogen (secondary N) is 1. The Morgan fingerprint density at radius 2 is 2.20 bits per heavy atom. The van der Waals surface area contributed by atoms with Crippen molar-refractivity contribution in [2.75, 3.05) is 0 Å². The van der Waals surface area contributed by atoms with Crippen LogP contribution in [0.25, 0.3) is 11.3 Å². The van der Waals surface area contributed by atoms with E-state index in [0.29, 0.717) is 5.69 Å². The van der Waals surface area contributed by atoms with Crippen molar-refractivity contribution in [2.24, 2.45) is 0 Å². The topological polar surface area (TPSA) is 85.6 Å². The number of aromatic hydroxyl groups is 1. The fourth-order valence-electron chi connectivity index (χ4n) is 1.13. The van der Waals surface area contributed by atoms with Gasteiger partial charge in [0.15, 0.2) is 0 Å². The summed E-state index contributed by atoms with van der Waals surface area (Å²) in [5.74, 6) is -0.0280. The van der Waals surface area contributed by atoms with Crippen molar-refractivity contribution >= 4 is 0 Å². The molecular formula is C9H6AgN4O. The van der Waals surface area contributed by atoms with Crippen LogP contribution in [0.3, 0.4) is 0 Å². The molecule has 1 heterocycles. The van der Waals surface area contributed by atoms with E-state index in [1.54, 1.807) is 18.3 Å². The molecule has 0 aliphatic heterocycles. The average molecular weight is 294 g/mol. The molecule has 1 aromatic carbocycles. The molecule has 2 rings (SSSR count). The number of rotatable bonds is 1. The maximum Gasteiger partial charge on any atom is 0.133 e. The van der Waals surface area contributed by atoms with Gasteiger partial charge in [-0.1, -0.05) is 5.21 Å². The second-order valence-electron chi connectivity index (χ2n) is 2.70. The molecule has 0 saturated heterocycles. The molecule has 2 aromatic rings. The van der Waals surface area contributed by atoms with Gasteiger partial charge < -0.3 is 5.11 Å². The van der Waals surface area contributed by atoms with Gasteiger partial charge in [-0.15, -0.1) is 5.10 Å². The first-order valence-corrected chi connectivity index (χ1v) is 3.91. The van der Waals surface area contributed by atoms with Crippen LogP contribution in [0.1, 0.15) is 5.56 Å². The van der Waals surface area contributed by atoms with E-state index < -0.39 is 0 Å². The third-order valence-electron chi connectivity index (χ3n) is 1.83. The molecule has 0 fully saturated rings. The summed E-state index contributed by atoms with van der Waals surface area (Å²) in [6.45, 7) is 0. The standard InChI is InChI=1S/C9H6N4O.Ag/c10-4-7-3-6(1-2-9(7)14)8-5-11-13-12-8;/h1-3,5,14H,(H,11,12,13);. The summed E-state index contributed by atoms with van der Waals surface area (Å²) < 4.78 is 0. The molecular weight excluding hydrogens is 288 g/mol. The Bertz CT molecular complexity index is 489. The van der Waals surface area contributed by atoms with Crippen LogP contribution in [0.15, 0.2) is 24.4 Å². The molecule has 5 nitrogen and oxygen atoms in total. The summed E-state index contributed by atoms with van der Waals surface area (Å²) in [5, 5.41) is 27.9. The molecule has 79 valence electrons. The normalized spacial score (nSPS) is 9.00. The van der Waals surface area contributed by atoms with Gasteiger partial charge in [0.1, 0.15) is 17.5 Å². The van der Waals surface area contributed by atoms with Crippen molar-refractivity contribution in [3.63, 3.8) is 0 Å². The molecule has 15 heavy (non-hydrogen) atoms. The van der Waals surface area contributed by atoms with E-state index in [1.165, 1.54) is 6.07 Å². The summed E-state index contributed by atoms with van der Waals surface area (Å²) in [7, 11) is 0. The van der Waals surface area contributed by atoms with Crippen molar-refractivity contribution in [1.29, 1.82) is 5.26 Å². The molecule has 0 aliphatic carbocycles. The number of hydrogen-bond acceptors (Lipinski definition) is 4. The van der Waals surface area contributed by atoms with Gasteiger partial charge in [-0.3, -0.25) is 5.10 Å². The maximum absolute atomic E-state index is 9.27. The van der Waals surface area contributed by atoms with E-state index in [-0.39, 0.29) is 33.7 Å². The number of phenolic OH excluding ortho intramolecular Hbond substituents is 1. The van der Waals surface area contributed by atoms with Crippen molar-refractivity contribution < 1.29 is 27.5 Å². The minimum atomic E-state index is -0.0280. The zero-order valence-corrected chi connectivity index (χ0v) is 8.88. The van der Waals surface area contributed by atoms with E-state index >= 15 is 0 Å². The SMILES string of the molecule is N#Cc1cc(-c2c[nH]nn2)ccc1O.[Ag]. The Balaban J connectivity index is 0.00000112. The number of nitrogens with zero attached hydrogens (tertiary/aromatic N) is 3. The first-order chi connectivity index (χ1) is 6.81. The summed E-state index contributed by atoms with van der Waals surface area (Å²) in [5.41, 5.74) is 1.61. The molecule has 0 bridgehead atoms. The number of hydrogen-bond donors (Lipinski definition) is 2. The van der Waals surface area contributed by atoms with Crippen molar-refractivity contribution in [3.05, 3.63) is 30.0 Å². The van der Waals surface area contributed by atoms with Gasteiger partial charge >= 0.3 is 0 Å². The van der Waals surface area contributed by atoms with Crippen LogP contribution < -0.4 is 0 Å². The van der Waals surface area contributed by atoms with Crippen LogP contribution in [0, 0.1) is 11.3 Å². The van der Waals surface area contributed by atoms with Gasteiger partial charge in [0, 0.05) is 34.1 Å². The average Bonchev–Trinajstić information content (AvgIpc) is 2.71. The minimum absolute atomic E-state index is 0. The zero-order valence-electron chi connectivity index (χ0n) is 7.40. The van der Waals surface area contributed by atoms with E-state index in [4.69, 9.17) is 5.26 Å². The van der Waals surface area contributed by atoms with Crippen molar-refractivity contribution in [3.8, 4) is 23.1 Å². The summed E-state index contributed by atoms with van der Waals surface area (Å²) in [6.07, 6.45) is 1.62. The molecule has 0 unspecified atom stereocenters. The Hall–Kier alpha value is -1.61. The van der Waals surface area contributed by atoms with Crippen LogP contribution in [0.2, 0.25) is 0 Å². The summed E-state index contributed by atoms with van der Waals surface area (Å²) in [6, 6.07) is 6.59. The molecule has 2 N–H and O–H groups in total. The second kappa shape index (κ2) is 4.75. The largest absolute Gasteiger partial charge is 0.507 e. The second-order valence-corrected chi connectivity index (χ2v) is 2.70. The van der Waals surface area contributed by atoms with Gasteiger partial charge in [0.05, 0.1) is 5.56 Å². The number of benzene rings is 1. The molecule has 0 spiro atoms. The van der Waals surface area contributed by atoms with Crippen LogP contribution in [-0.4, -0.2) is 20.5 Å². The number of H-pyrrole nitrogens is 1. The van der Waals surface area contributed by atoms with Crippen LogP contribution in [0.4, 0.5) is 0 Å². The zero-order chi connectivity index (χ0) is 9.97. The quantitative estimate of drug-likeness (QED) is 0.770. The van der Waals surface area contributed by atoms with Crippen LogP contribution in [0.5, 0.6) is 5.75 Å². The van der Waals surface area contributed by atoms with Crippen molar-refractivity contribution in [2.45, 2.75) is 0 Å². The first kappa shape index (κ1) is 11.5. The molecule has 6 heteroatoms. The Kier molecular flexibility index (Phi) is 3.63. The van der Waals surface area contributed by atoms with E-state index in [1.807, 2.05) is 6.07 Å². The Morgan fingerprint density at radius 1 is 1.40 bits per heavy atom. The van der Waals surface area contributed by atoms with Crippen molar-refractivity contribution in [1.82, 2.24) is 15.4 Å². The number of aromatic amines is 1. The monoisotopic (exact) mass is 293 g/mol. The molecule has 0 aliphatic rings. The van der Waals surface area contributed by atoms with Gasteiger partial charge in [0.2, 0.25) is 0 Å². The Morgan fingerprint density at radius 3 is 2.80 bits per heavy atom. The summed E-state index contributed by atoms with van der Waals surface area (Å²) >= 11 is 0. The molecule has 1 aromatic heterocycles. The van der Waals surface area contributed by atoms with E-state index in [2.05, 4.69) is 15.4 Å². The van der Waals surface area contributed by atoms with Gasteiger partial charge in [-0.2, -0.15) is 5.26 Å². The Labute approximate surface area is 101 Å². The summed E-state index contributed by atoms with van der Waals surface area (Å²) in [4.78, 5) is 0. The van der Waals surface area contributed by atoms with Gasteiger partial charge in [0.25, 0.3) is 0 Å². The number of nitriles is 1. The molecule has 0 saturated carbocycles. The molecule has 0 atom stereocenters. The van der Waals surface area contributed by atoms with Crippen LogP contribution in [-0.2, 0) is 22.4 Å². The van der Waals surface area contributed by atoms with Gasteiger partial charge in [-0.25, -0.2) is 0 Å². The number of aromatic nitrogens is 3. The predicted octanol–water partition coefficient (Wildman–Crippen LogP) is 1.05. The van der Waals surface area contributed by atoms with Crippen LogP contribution >= 0.6 is 0 Å². The molecule has 0 amide bonds. The van der Waals surface area contributed by atoms with E-state index in [0.717, 1.165) is 5.56 Å².